The molecule has 102 valence electrons. The van der Waals surface area contributed by atoms with Crippen LogP contribution in [0.1, 0.15) is 27.7 Å². The standard InChI is InChI=1S/C13H28N2O2/c1-5-16-10-12(2)14-11-13(3,4)15-6-8-17-9-7-15/h12,14H,5-11H2,1-4H3. The maximum atomic E-state index is 5.41. The fourth-order valence-corrected chi connectivity index (χ4v) is 2.06. The van der Waals surface area contributed by atoms with Gasteiger partial charge in [0.05, 0.1) is 19.8 Å². The molecule has 1 saturated heterocycles. The molecule has 0 amide bonds. The van der Waals surface area contributed by atoms with Crippen LogP contribution in [0.15, 0.2) is 0 Å². The molecule has 0 radical (unpaired) electrons. The molecule has 1 aliphatic rings. The first-order valence-electron chi connectivity index (χ1n) is 6.70. The van der Waals surface area contributed by atoms with E-state index in [2.05, 4.69) is 31.0 Å². The van der Waals surface area contributed by atoms with E-state index in [0.29, 0.717) is 6.04 Å². The monoisotopic (exact) mass is 244 g/mol. The van der Waals surface area contributed by atoms with E-state index in [0.717, 1.165) is 46.1 Å². The molecule has 0 aromatic rings. The summed E-state index contributed by atoms with van der Waals surface area (Å²) in [6.45, 7) is 15.1. The molecule has 1 aliphatic heterocycles. The second-order valence-electron chi connectivity index (χ2n) is 5.35. The molecule has 1 unspecified atom stereocenters. The molecule has 4 heteroatoms. The van der Waals surface area contributed by atoms with Gasteiger partial charge in [-0.2, -0.15) is 0 Å². The number of hydrogen-bond donors (Lipinski definition) is 1. The highest BCUT2D eigenvalue weighted by atomic mass is 16.5. The van der Waals surface area contributed by atoms with Crippen LogP contribution in [0, 0.1) is 0 Å². The van der Waals surface area contributed by atoms with E-state index >= 15 is 0 Å². The summed E-state index contributed by atoms with van der Waals surface area (Å²) < 4.78 is 10.8. The van der Waals surface area contributed by atoms with Crippen molar-refractivity contribution in [3.8, 4) is 0 Å². The minimum atomic E-state index is 0.185. The van der Waals surface area contributed by atoms with Gasteiger partial charge in [0.15, 0.2) is 0 Å². The van der Waals surface area contributed by atoms with Gasteiger partial charge in [0.1, 0.15) is 0 Å². The smallest absolute Gasteiger partial charge is 0.0616 e. The maximum absolute atomic E-state index is 5.41. The molecule has 0 spiro atoms. The summed E-state index contributed by atoms with van der Waals surface area (Å²) in [6.07, 6.45) is 0. The van der Waals surface area contributed by atoms with Gasteiger partial charge in [-0.25, -0.2) is 0 Å². The Balaban J connectivity index is 2.27. The number of hydrogen-bond acceptors (Lipinski definition) is 4. The highest BCUT2D eigenvalue weighted by Gasteiger charge is 2.28. The third-order valence-electron chi connectivity index (χ3n) is 3.32. The number of rotatable bonds is 7. The molecule has 1 rings (SSSR count). The molecule has 1 atom stereocenters. The van der Waals surface area contributed by atoms with Crippen LogP contribution in [0.25, 0.3) is 0 Å². The van der Waals surface area contributed by atoms with Crippen molar-refractivity contribution < 1.29 is 9.47 Å². The predicted octanol–water partition coefficient (Wildman–Crippen LogP) is 1.11. The van der Waals surface area contributed by atoms with Crippen molar-refractivity contribution in [2.24, 2.45) is 0 Å². The molecule has 1 N–H and O–H groups in total. The van der Waals surface area contributed by atoms with Crippen LogP contribution in [0.5, 0.6) is 0 Å². The third kappa shape index (κ3) is 5.34. The molecule has 0 aromatic carbocycles. The number of nitrogens with one attached hydrogen (secondary N) is 1. The normalized spacial score (nSPS) is 20.5. The second kappa shape index (κ2) is 7.31. The van der Waals surface area contributed by atoms with Crippen molar-refractivity contribution in [2.45, 2.75) is 39.3 Å². The topological polar surface area (TPSA) is 33.7 Å². The first kappa shape index (κ1) is 14.9. The van der Waals surface area contributed by atoms with E-state index in [4.69, 9.17) is 9.47 Å². The summed E-state index contributed by atoms with van der Waals surface area (Å²) in [5, 5.41) is 3.55. The molecule has 4 nitrogen and oxygen atoms in total. The van der Waals surface area contributed by atoms with Crippen LogP contribution in [0.3, 0.4) is 0 Å². The largest absolute Gasteiger partial charge is 0.380 e. The Morgan fingerprint density at radius 1 is 1.35 bits per heavy atom. The average molecular weight is 244 g/mol. The molecule has 0 bridgehead atoms. The molecule has 1 heterocycles. The van der Waals surface area contributed by atoms with E-state index in [1.807, 2.05) is 6.92 Å². The maximum Gasteiger partial charge on any atom is 0.0616 e. The van der Waals surface area contributed by atoms with Gasteiger partial charge in [0, 0.05) is 37.8 Å². The van der Waals surface area contributed by atoms with Crippen molar-refractivity contribution >= 4 is 0 Å². The van der Waals surface area contributed by atoms with E-state index < -0.39 is 0 Å². The van der Waals surface area contributed by atoms with Crippen molar-refractivity contribution in [1.82, 2.24) is 10.2 Å². The molecule has 1 fully saturated rings. The zero-order chi connectivity index (χ0) is 12.7. The van der Waals surface area contributed by atoms with Gasteiger partial charge in [-0.15, -0.1) is 0 Å². The molecule has 17 heavy (non-hydrogen) atoms. The van der Waals surface area contributed by atoms with Crippen LogP contribution in [-0.4, -0.2) is 62.5 Å². The van der Waals surface area contributed by atoms with Gasteiger partial charge in [-0.05, 0) is 27.7 Å². The predicted molar refractivity (Wildman–Crippen MR) is 70.4 cm³/mol. The lowest BCUT2D eigenvalue weighted by Crippen LogP contribution is -2.56. The lowest BCUT2D eigenvalue weighted by atomic mass is 10.0. The van der Waals surface area contributed by atoms with Gasteiger partial charge < -0.3 is 14.8 Å². The number of nitrogens with zero attached hydrogens (tertiary/aromatic N) is 1. The van der Waals surface area contributed by atoms with Gasteiger partial charge in [-0.1, -0.05) is 0 Å². The zero-order valence-corrected chi connectivity index (χ0v) is 11.8. The highest BCUT2D eigenvalue weighted by molar-refractivity contribution is 4.86. The fourth-order valence-electron chi connectivity index (χ4n) is 2.06. The first-order chi connectivity index (χ1) is 8.06. The Morgan fingerprint density at radius 3 is 2.59 bits per heavy atom. The van der Waals surface area contributed by atoms with E-state index in [9.17, 15) is 0 Å². The SMILES string of the molecule is CCOCC(C)NCC(C)(C)N1CCOCC1. The number of morpholine rings is 1. The first-order valence-corrected chi connectivity index (χ1v) is 6.70. The quantitative estimate of drug-likeness (QED) is 0.727. The summed E-state index contributed by atoms with van der Waals surface area (Å²) in [7, 11) is 0. The van der Waals surface area contributed by atoms with Crippen molar-refractivity contribution in [3.63, 3.8) is 0 Å². The van der Waals surface area contributed by atoms with Crippen LogP contribution in [0.2, 0.25) is 0 Å². The van der Waals surface area contributed by atoms with E-state index in [1.54, 1.807) is 0 Å². The van der Waals surface area contributed by atoms with Crippen LogP contribution < -0.4 is 5.32 Å². The van der Waals surface area contributed by atoms with Crippen LogP contribution in [-0.2, 0) is 9.47 Å². The summed E-state index contributed by atoms with van der Waals surface area (Å²) in [4.78, 5) is 2.50. The zero-order valence-electron chi connectivity index (χ0n) is 11.8. The van der Waals surface area contributed by atoms with Gasteiger partial charge in [-0.3, -0.25) is 4.90 Å². The van der Waals surface area contributed by atoms with E-state index in [1.165, 1.54) is 0 Å². The minimum absolute atomic E-state index is 0.185. The Morgan fingerprint density at radius 2 is 2.00 bits per heavy atom. The molecular formula is C13H28N2O2. The fraction of sp³-hybridized carbons (Fsp3) is 1.00. The summed E-state index contributed by atoms with van der Waals surface area (Å²) >= 11 is 0. The van der Waals surface area contributed by atoms with Crippen LogP contribution >= 0.6 is 0 Å². The van der Waals surface area contributed by atoms with Crippen molar-refractivity contribution in [3.05, 3.63) is 0 Å². The van der Waals surface area contributed by atoms with Crippen LogP contribution in [0.4, 0.5) is 0 Å². The summed E-state index contributed by atoms with van der Waals surface area (Å²) in [5.74, 6) is 0. The number of ether oxygens (including phenoxy) is 2. The molecule has 0 aromatic heterocycles. The lowest BCUT2D eigenvalue weighted by molar-refractivity contribution is -0.0111. The Hall–Kier alpha value is -0.160. The van der Waals surface area contributed by atoms with Gasteiger partial charge in [0.2, 0.25) is 0 Å². The van der Waals surface area contributed by atoms with Crippen molar-refractivity contribution in [2.75, 3.05) is 46.1 Å². The molecule has 0 aliphatic carbocycles. The molecule has 0 saturated carbocycles. The van der Waals surface area contributed by atoms with Gasteiger partial charge >= 0.3 is 0 Å². The second-order valence-corrected chi connectivity index (χ2v) is 5.35. The van der Waals surface area contributed by atoms with Crippen molar-refractivity contribution in [1.29, 1.82) is 0 Å². The summed E-state index contributed by atoms with van der Waals surface area (Å²) in [6, 6.07) is 0.412. The Bertz CT molecular complexity index is 204. The van der Waals surface area contributed by atoms with E-state index in [-0.39, 0.29) is 5.54 Å². The third-order valence-corrected chi connectivity index (χ3v) is 3.32. The highest BCUT2D eigenvalue weighted by Crippen LogP contribution is 2.15. The Labute approximate surface area is 106 Å². The average Bonchev–Trinajstić information content (AvgIpc) is 2.35. The minimum Gasteiger partial charge on any atom is -0.380 e. The lowest BCUT2D eigenvalue weighted by Gasteiger charge is -2.41. The van der Waals surface area contributed by atoms with Gasteiger partial charge in [0.25, 0.3) is 0 Å². The molecular weight excluding hydrogens is 216 g/mol. The summed E-state index contributed by atoms with van der Waals surface area (Å²) in [5.41, 5.74) is 0.185. The Kier molecular flexibility index (Phi) is 6.41.